The third kappa shape index (κ3) is 2.54. The molecule has 0 aliphatic heterocycles. The number of halogens is 1. The van der Waals surface area contributed by atoms with E-state index >= 15 is 0 Å². The molecular formula is C19H19ClN6O3. The first kappa shape index (κ1) is 19.0. The van der Waals surface area contributed by atoms with Crippen LogP contribution in [0.5, 0.6) is 0 Å². The lowest BCUT2D eigenvalue weighted by atomic mass is 10.2. The molecule has 0 atom stereocenters. The molecule has 0 aliphatic carbocycles. The van der Waals surface area contributed by atoms with Gasteiger partial charge in [-0.3, -0.25) is 23.1 Å². The minimum Gasteiger partial charge on any atom is -0.368 e. The predicted molar refractivity (Wildman–Crippen MR) is 110 cm³/mol. The summed E-state index contributed by atoms with van der Waals surface area (Å²) in [6, 6.07) is 5.56. The van der Waals surface area contributed by atoms with Crippen molar-refractivity contribution < 1.29 is 4.79 Å². The van der Waals surface area contributed by atoms with Gasteiger partial charge in [-0.15, -0.1) is 0 Å². The maximum Gasteiger partial charge on any atom is 0.332 e. The number of carbonyl (C=O) groups is 1. The molecule has 0 saturated heterocycles. The fourth-order valence-corrected chi connectivity index (χ4v) is 3.84. The van der Waals surface area contributed by atoms with E-state index in [0.29, 0.717) is 10.8 Å². The zero-order valence-corrected chi connectivity index (χ0v) is 17.1. The van der Waals surface area contributed by atoms with Gasteiger partial charge in [-0.2, -0.15) is 4.98 Å². The van der Waals surface area contributed by atoms with Crippen LogP contribution in [0.25, 0.3) is 22.6 Å². The molecule has 3 aromatic heterocycles. The quantitative estimate of drug-likeness (QED) is 0.543. The van der Waals surface area contributed by atoms with Gasteiger partial charge in [0.25, 0.3) is 5.56 Å². The summed E-state index contributed by atoms with van der Waals surface area (Å²) in [5.74, 6) is -0.298. The topological polar surface area (TPSA) is 109 Å². The highest BCUT2D eigenvalue weighted by Gasteiger charge is 2.24. The number of benzene rings is 1. The monoisotopic (exact) mass is 414 g/mol. The number of aromatic nitrogens is 5. The average Bonchev–Trinajstić information content (AvgIpc) is 3.16. The zero-order chi connectivity index (χ0) is 21.2. The molecular weight excluding hydrogens is 396 g/mol. The first-order valence-electron chi connectivity index (χ1n) is 8.88. The van der Waals surface area contributed by atoms with E-state index in [2.05, 4.69) is 4.98 Å². The third-order valence-corrected chi connectivity index (χ3v) is 5.72. The number of primary amides is 1. The molecule has 2 N–H and O–H groups in total. The van der Waals surface area contributed by atoms with Crippen LogP contribution in [0.2, 0.25) is 5.02 Å². The summed E-state index contributed by atoms with van der Waals surface area (Å²) in [7, 11) is 1.51. The number of carbonyl (C=O) groups excluding carboxylic acids is 1. The molecule has 0 fully saturated rings. The zero-order valence-electron chi connectivity index (χ0n) is 16.4. The number of nitrogens with zero attached hydrogens (tertiary/aromatic N) is 5. The highest BCUT2D eigenvalue weighted by atomic mass is 35.5. The van der Waals surface area contributed by atoms with Crippen LogP contribution in [0.1, 0.15) is 17.0 Å². The van der Waals surface area contributed by atoms with Crippen molar-refractivity contribution in [1.29, 1.82) is 0 Å². The second-order valence-corrected chi connectivity index (χ2v) is 7.42. The molecule has 150 valence electrons. The van der Waals surface area contributed by atoms with Crippen molar-refractivity contribution in [3.8, 4) is 5.69 Å². The number of fused-ring (bicyclic) bond motifs is 3. The van der Waals surface area contributed by atoms with Gasteiger partial charge in [0.1, 0.15) is 6.54 Å². The Labute approximate surface area is 169 Å². The van der Waals surface area contributed by atoms with Crippen LogP contribution in [-0.2, 0) is 18.4 Å². The first-order valence-corrected chi connectivity index (χ1v) is 9.26. The highest BCUT2D eigenvalue weighted by Crippen LogP contribution is 2.28. The van der Waals surface area contributed by atoms with E-state index < -0.39 is 23.7 Å². The number of hydrogen-bond donors (Lipinski definition) is 1. The third-order valence-electron chi connectivity index (χ3n) is 5.31. The molecule has 4 aromatic rings. The first-order chi connectivity index (χ1) is 13.6. The van der Waals surface area contributed by atoms with Gasteiger partial charge < -0.3 is 5.73 Å². The summed E-state index contributed by atoms with van der Waals surface area (Å²) in [6.45, 7) is 5.19. The predicted octanol–water partition coefficient (Wildman–Crippen LogP) is 1.20. The van der Waals surface area contributed by atoms with Gasteiger partial charge in [0.2, 0.25) is 11.7 Å². The van der Waals surface area contributed by atoms with E-state index in [0.717, 1.165) is 27.2 Å². The Hall–Kier alpha value is -3.33. The SMILES string of the molecule is Cc1c(Cl)cccc1-n1c(C)c(C)n2c3c(=O)n(CC(N)=O)c(=O)n(C)c3nc12. The number of rotatable bonds is 3. The van der Waals surface area contributed by atoms with E-state index in [4.69, 9.17) is 17.3 Å². The molecule has 0 unspecified atom stereocenters. The Morgan fingerprint density at radius 2 is 1.86 bits per heavy atom. The van der Waals surface area contributed by atoms with Gasteiger partial charge in [-0.05, 0) is 38.5 Å². The summed E-state index contributed by atoms with van der Waals surface area (Å²) in [5, 5.41) is 0.610. The maximum absolute atomic E-state index is 13.1. The molecule has 9 nitrogen and oxygen atoms in total. The number of amides is 1. The molecule has 0 radical (unpaired) electrons. The average molecular weight is 415 g/mol. The Balaban J connectivity index is 2.22. The normalized spacial score (nSPS) is 11.6. The van der Waals surface area contributed by atoms with Crippen molar-refractivity contribution in [2.24, 2.45) is 12.8 Å². The van der Waals surface area contributed by atoms with Gasteiger partial charge in [0.05, 0.1) is 5.69 Å². The molecule has 1 amide bonds. The summed E-state index contributed by atoms with van der Waals surface area (Å²) in [5.41, 5.74) is 7.74. The molecule has 0 bridgehead atoms. The van der Waals surface area contributed by atoms with Gasteiger partial charge in [-0.1, -0.05) is 17.7 Å². The Bertz CT molecular complexity index is 1450. The number of aryl methyl sites for hydroxylation is 2. The van der Waals surface area contributed by atoms with Crippen LogP contribution >= 0.6 is 11.6 Å². The standard InChI is InChI=1S/C19H19ClN6O3/c1-9-12(20)6-5-7-13(9)25-10(2)11(3)26-15-16(22-18(25)26)23(4)19(29)24(17(15)28)8-14(21)27/h5-7H,8H2,1-4H3,(H2,21,27). The van der Waals surface area contributed by atoms with Gasteiger partial charge in [-0.25, -0.2) is 9.36 Å². The fraction of sp³-hybridized carbons (Fsp3) is 0.263. The van der Waals surface area contributed by atoms with E-state index in [1.807, 2.05) is 37.5 Å². The molecule has 0 spiro atoms. The van der Waals surface area contributed by atoms with Crippen LogP contribution in [0.4, 0.5) is 0 Å². The smallest absolute Gasteiger partial charge is 0.332 e. The largest absolute Gasteiger partial charge is 0.368 e. The lowest BCUT2D eigenvalue weighted by molar-refractivity contribution is -0.118. The fourth-order valence-electron chi connectivity index (χ4n) is 3.67. The van der Waals surface area contributed by atoms with E-state index in [1.54, 1.807) is 10.5 Å². The van der Waals surface area contributed by atoms with Crippen molar-refractivity contribution >= 4 is 34.4 Å². The van der Waals surface area contributed by atoms with Gasteiger partial charge in [0.15, 0.2) is 11.2 Å². The number of hydrogen-bond acceptors (Lipinski definition) is 4. The van der Waals surface area contributed by atoms with E-state index in [9.17, 15) is 14.4 Å². The van der Waals surface area contributed by atoms with Crippen molar-refractivity contribution in [1.82, 2.24) is 23.1 Å². The second-order valence-electron chi connectivity index (χ2n) is 7.01. The van der Waals surface area contributed by atoms with Crippen molar-refractivity contribution in [3.05, 3.63) is 61.0 Å². The van der Waals surface area contributed by atoms with E-state index in [-0.39, 0.29) is 11.2 Å². The minimum atomic E-state index is -0.774. The Kier molecular flexibility index (Phi) is 4.16. The van der Waals surface area contributed by atoms with Crippen molar-refractivity contribution in [3.63, 3.8) is 0 Å². The second kappa shape index (κ2) is 6.35. The summed E-state index contributed by atoms with van der Waals surface area (Å²) in [6.07, 6.45) is 0. The summed E-state index contributed by atoms with van der Waals surface area (Å²) in [4.78, 5) is 41.7. The van der Waals surface area contributed by atoms with Crippen LogP contribution < -0.4 is 17.0 Å². The molecule has 3 heterocycles. The van der Waals surface area contributed by atoms with E-state index in [1.165, 1.54) is 11.6 Å². The van der Waals surface area contributed by atoms with Crippen molar-refractivity contribution in [2.75, 3.05) is 0 Å². The molecule has 29 heavy (non-hydrogen) atoms. The van der Waals surface area contributed by atoms with Crippen LogP contribution in [0, 0.1) is 20.8 Å². The molecule has 4 rings (SSSR count). The van der Waals surface area contributed by atoms with Crippen LogP contribution in [0.3, 0.4) is 0 Å². The van der Waals surface area contributed by atoms with Crippen LogP contribution in [0.15, 0.2) is 27.8 Å². The lowest BCUT2D eigenvalue weighted by Gasteiger charge is -2.11. The lowest BCUT2D eigenvalue weighted by Crippen LogP contribution is -2.42. The summed E-state index contributed by atoms with van der Waals surface area (Å²) < 4.78 is 5.68. The Morgan fingerprint density at radius 3 is 2.52 bits per heavy atom. The molecule has 0 aliphatic rings. The van der Waals surface area contributed by atoms with Crippen LogP contribution in [-0.4, -0.2) is 29.0 Å². The molecule has 10 heteroatoms. The van der Waals surface area contributed by atoms with Crippen molar-refractivity contribution in [2.45, 2.75) is 27.3 Å². The molecule has 1 aromatic carbocycles. The number of imidazole rings is 2. The minimum absolute atomic E-state index is 0.211. The van der Waals surface area contributed by atoms with Gasteiger partial charge in [0, 0.05) is 23.5 Å². The number of nitrogens with two attached hydrogens (primary N) is 1. The highest BCUT2D eigenvalue weighted by molar-refractivity contribution is 6.31. The maximum atomic E-state index is 13.1. The molecule has 0 saturated carbocycles. The summed E-state index contributed by atoms with van der Waals surface area (Å²) >= 11 is 6.31. The Morgan fingerprint density at radius 1 is 1.17 bits per heavy atom. The van der Waals surface area contributed by atoms with Gasteiger partial charge >= 0.3 is 5.69 Å².